The van der Waals surface area contributed by atoms with Crippen molar-refractivity contribution in [2.24, 2.45) is 0 Å². The minimum Gasteiger partial charge on any atom is -0.306 e. The van der Waals surface area contributed by atoms with Crippen LogP contribution in [0.4, 0.5) is 8.78 Å². The summed E-state index contributed by atoms with van der Waals surface area (Å²) in [4.78, 5) is 0. The summed E-state index contributed by atoms with van der Waals surface area (Å²) in [6.07, 6.45) is 0. The first-order valence-electron chi connectivity index (χ1n) is 6.16. The molecule has 1 N–H and O–H groups in total. The number of nitrogens with one attached hydrogen (secondary N) is 1. The van der Waals surface area contributed by atoms with Gasteiger partial charge < -0.3 is 5.32 Å². The van der Waals surface area contributed by atoms with Crippen LogP contribution in [0.2, 0.25) is 5.02 Å². The van der Waals surface area contributed by atoms with Gasteiger partial charge in [-0.3, -0.25) is 0 Å². The van der Waals surface area contributed by atoms with E-state index in [1.807, 2.05) is 25.1 Å². The Balaban J connectivity index is 2.53. The molecule has 1 nitrogen and oxygen atoms in total. The molecule has 0 spiro atoms. The van der Waals surface area contributed by atoms with E-state index in [0.29, 0.717) is 17.1 Å². The molecular weight excluding hydrogens is 348 g/mol. The molecule has 2 rings (SSSR count). The van der Waals surface area contributed by atoms with Gasteiger partial charge in [0.15, 0.2) is 0 Å². The van der Waals surface area contributed by atoms with Crippen LogP contribution in [-0.4, -0.2) is 6.54 Å². The lowest BCUT2D eigenvalue weighted by atomic mass is 9.98. The lowest BCUT2D eigenvalue weighted by Crippen LogP contribution is -2.23. The topological polar surface area (TPSA) is 12.0 Å². The second-order valence-corrected chi connectivity index (χ2v) is 5.53. The van der Waals surface area contributed by atoms with Gasteiger partial charge in [-0.1, -0.05) is 36.7 Å². The standard InChI is InChI=1S/C15H13BrClF2N/c1-2-20-15(10-7-6-9(18)8-13(10)19)11-4-3-5-12(16)14(11)17/h3-8,15,20H,2H2,1H3. The zero-order chi connectivity index (χ0) is 14.7. The maximum atomic E-state index is 14.0. The van der Waals surface area contributed by atoms with Crippen molar-refractivity contribution >= 4 is 27.5 Å². The highest BCUT2D eigenvalue weighted by molar-refractivity contribution is 9.10. The third kappa shape index (κ3) is 3.19. The number of halogens is 4. The van der Waals surface area contributed by atoms with Crippen LogP contribution in [0.15, 0.2) is 40.9 Å². The molecule has 0 fully saturated rings. The average Bonchev–Trinajstić information content (AvgIpc) is 2.40. The molecule has 0 aliphatic rings. The van der Waals surface area contributed by atoms with Crippen LogP contribution >= 0.6 is 27.5 Å². The Morgan fingerprint density at radius 3 is 2.60 bits per heavy atom. The molecule has 5 heteroatoms. The van der Waals surface area contributed by atoms with Crippen LogP contribution in [0, 0.1) is 11.6 Å². The molecule has 0 saturated heterocycles. The fourth-order valence-electron chi connectivity index (χ4n) is 2.07. The zero-order valence-electron chi connectivity index (χ0n) is 10.8. The van der Waals surface area contributed by atoms with E-state index < -0.39 is 17.7 Å². The third-order valence-electron chi connectivity index (χ3n) is 2.97. The molecule has 0 aliphatic heterocycles. The van der Waals surface area contributed by atoms with Gasteiger partial charge in [0, 0.05) is 16.1 Å². The molecule has 20 heavy (non-hydrogen) atoms. The first-order valence-corrected chi connectivity index (χ1v) is 7.34. The second-order valence-electron chi connectivity index (χ2n) is 4.30. The van der Waals surface area contributed by atoms with Crippen molar-refractivity contribution in [2.75, 3.05) is 6.54 Å². The van der Waals surface area contributed by atoms with Gasteiger partial charge in [0.05, 0.1) is 11.1 Å². The van der Waals surface area contributed by atoms with Crippen LogP contribution in [0.1, 0.15) is 24.1 Å². The van der Waals surface area contributed by atoms with E-state index in [1.165, 1.54) is 12.1 Å². The lowest BCUT2D eigenvalue weighted by molar-refractivity contribution is 0.541. The summed E-state index contributed by atoms with van der Waals surface area (Å²) in [6.45, 7) is 2.55. The minimum atomic E-state index is -0.596. The lowest BCUT2D eigenvalue weighted by Gasteiger charge is -2.21. The fourth-order valence-corrected chi connectivity index (χ4v) is 2.69. The summed E-state index contributed by atoms with van der Waals surface area (Å²) < 4.78 is 27.8. The summed E-state index contributed by atoms with van der Waals surface area (Å²) in [5.74, 6) is -1.19. The molecule has 1 unspecified atom stereocenters. The van der Waals surface area contributed by atoms with E-state index in [1.54, 1.807) is 0 Å². The Hall–Kier alpha value is -0.970. The van der Waals surface area contributed by atoms with Crippen molar-refractivity contribution < 1.29 is 8.78 Å². The van der Waals surface area contributed by atoms with E-state index in [-0.39, 0.29) is 0 Å². The van der Waals surface area contributed by atoms with E-state index >= 15 is 0 Å². The van der Waals surface area contributed by atoms with Gasteiger partial charge >= 0.3 is 0 Å². The summed E-state index contributed by atoms with van der Waals surface area (Å²) in [5, 5.41) is 3.69. The van der Waals surface area contributed by atoms with Crippen LogP contribution in [0.3, 0.4) is 0 Å². The predicted molar refractivity (Wildman–Crippen MR) is 81.0 cm³/mol. The smallest absolute Gasteiger partial charge is 0.131 e. The predicted octanol–water partition coefficient (Wildman–Crippen LogP) is 5.08. The molecule has 0 aliphatic carbocycles. The van der Waals surface area contributed by atoms with E-state index in [0.717, 1.165) is 16.1 Å². The van der Waals surface area contributed by atoms with Crippen molar-refractivity contribution in [3.8, 4) is 0 Å². The second kappa shape index (κ2) is 6.66. The van der Waals surface area contributed by atoms with E-state index in [2.05, 4.69) is 21.2 Å². The first kappa shape index (κ1) is 15.4. The Labute approximate surface area is 130 Å². The van der Waals surface area contributed by atoms with Gasteiger partial charge in [-0.2, -0.15) is 0 Å². The summed E-state index contributed by atoms with van der Waals surface area (Å²) in [7, 11) is 0. The van der Waals surface area contributed by atoms with Crippen molar-refractivity contribution in [2.45, 2.75) is 13.0 Å². The quantitative estimate of drug-likeness (QED) is 0.802. The maximum Gasteiger partial charge on any atom is 0.131 e. The SMILES string of the molecule is CCNC(c1ccc(F)cc1F)c1cccc(Br)c1Cl. The summed E-state index contributed by atoms with van der Waals surface area (Å²) >= 11 is 9.63. The van der Waals surface area contributed by atoms with E-state index in [9.17, 15) is 8.78 Å². The number of rotatable bonds is 4. The van der Waals surface area contributed by atoms with Crippen molar-refractivity contribution in [1.29, 1.82) is 0 Å². The van der Waals surface area contributed by atoms with Gasteiger partial charge in [-0.15, -0.1) is 0 Å². The van der Waals surface area contributed by atoms with Gasteiger partial charge in [-0.05, 0) is 40.2 Å². The molecule has 2 aromatic carbocycles. The molecule has 0 aromatic heterocycles. The summed E-state index contributed by atoms with van der Waals surface area (Å²) in [5.41, 5.74) is 1.11. The highest BCUT2D eigenvalue weighted by atomic mass is 79.9. The van der Waals surface area contributed by atoms with Gasteiger partial charge in [0.25, 0.3) is 0 Å². The zero-order valence-corrected chi connectivity index (χ0v) is 13.1. The maximum absolute atomic E-state index is 14.0. The van der Waals surface area contributed by atoms with Gasteiger partial charge in [-0.25, -0.2) is 8.78 Å². The van der Waals surface area contributed by atoms with Crippen molar-refractivity contribution in [1.82, 2.24) is 5.32 Å². The molecule has 0 radical (unpaired) electrons. The molecule has 1 atom stereocenters. The number of benzene rings is 2. The third-order valence-corrected chi connectivity index (χ3v) is 4.29. The number of hydrogen-bond acceptors (Lipinski definition) is 1. The molecule has 0 bridgehead atoms. The van der Waals surface area contributed by atoms with Crippen LogP contribution in [-0.2, 0) is 0 Å². The Morgan fingerprint density at radius 1 is 1.20 bits per heavy atom. The fraction of sp³-hybridized carbons (Fsp3) is 0.200. The highest BCUT2D eigenvalue weighted by Crippen LogP contribution is 2.34. The molecule has 106 valence electrons. The Kier molecular flexibility index (Phi) is 5.13. The molecule has 2 aromatic rings. The van der Waals surface area contributed by atoms with E-state index in [4.69, 9.17) is 11.6 Å². The Morgan fingerprint density at radius 2 is 1.95 bits per heavy atom. The number of hydrogen-bond donors (Lipinski definition) is 1. The van der Waals surface area contributed by atoms with Crippen LogP contribution in [0.5, 0.6) is 0 Å². The molecule has 0 heterocycles. The minimum absolute atomic E-state index is 0.369. The van der Waals surface area contributed by atoms with Crippen LogP contribution in [0.25, 0.3) is 0 Å². The molecular formula is C15H13BrClF2N. The van der Waals surface area contributed by atoms with Crippen molar-refractivity contribution in [3.05, 3.63) is 68.7 Å². The van der Waals surface area contributed by atoms with Crippen LogP contribution < -0.4 is 5.32 Å². The largest absolute Gasteiger partial charge is 0.306 e. The monoisotopic (exact) mass is 359 g/mol. The van der Waals surface area contributed by atoms with Gasteiger partial charge in [0.2, 0.25) is 0 Å². The highest BCUT2D eigenvalue weighted by Gasteiger charge is 2.20. The van der Waals surface area contributed by atoms with Gasteiger partial charge in [0.1, 0.15) is 11.6 Å². The normalized spacial score (nSPS) is 12.4. The first-order chi connectivity index (χ1) is 9.54. The average molecular weight is 361 g/mol. The Bertz CT molecular complexity index is 619. The molecule has 0 amide bonds. The summed E-state index contributed by atoms with van der Waals surface area (Å²) in [6, 6.07) is 8.61. The molecule has 0 saturated carbocycles. The van der Waals surface area contributed by atoms with Crippen molar-refractivity contribution in [3.63, 3.8) is 0 Å².